The third-order valence-corrected chi connectivity index (χ3v) is 6.98. The third-order valence-electron chi connectivity index (χ3n) is 6.67. The van der Waals surface area contributed by atoms with Gasteiger partial charge in [-0.05, 0) is 49.3 Å². The molecule has 3 aromatic rings. The van der Waals surface area contributed by atoms with Gasteiger partial charge in [0.05, 0.1) is 16.1 Å². The van der Waals surface area contributed by atoms with Gasteiger partial charge in [-0.15, -0.1) is 0 Å². The zero-order valence-electron chi connectivity index (χ0n) is 15.3. The fraction of sp³-hybridized carbons (Fsp3) is 0.364. The number of β-amino-alcohol motifs (C(OH)–C–C–N with tert-alkyl or cyclic N) is 1. The third kappa shape index (κ3) is 2.37. The van der Waals surface area contributed by atoms with Crippen molar-refractivity contribution in [3.05, 3.63) is 64.3 Å². The molecule has 2 atom stereocenters. The lowest BCUT2D eigenvalue weighted by Crippen LogP contribution is -2.65. The van der Waals surface area contributed by atoms with Gasteiger partial charge in [-0.3, -0.25) is 0 Å². The number of phenolic OH excluding ortho intramolecular Hbond substituents is 1. The molecule has 1 aliphatic carbocycles. The van der Waals surface area contributed by atoms with Crippen LogP contribution in [0.25, 0.3) is 10.9 Å². The molecule has 1 aromatic heterocycles. The standard InChI is InChI=1S/C22H23ClN2O2/c1-25-9-8-21(14-4-2-5-15(26)10-14)12-19-17(11-22(21,27)13-25)16-6-3-7-18(23)20(16)24-19/h2-7,10,24,26-27H,8-9,11-13H2,1H3/t21-,22-/m0/s1. The van der Waals surface area contributed by atoms with Crippen LogP contribution in [0, 0.1) is 0 Å². The second-order valence-corrected chi connectivity index (χ2v) is 8.66. The minimum Gasteiger partial charge on any atom is -0.508 e. The molecule has 5 rings (SSSR count). The van der Waals surface area contributed by atoms with Crippen molar-refractivity contribution in [2.45, 2.75) is 30.3 Å². The SMILES string of the molecule is CN1CC[C@@]2(c3cccc(O)c3)Cc3[nH]c4c(Cl)cccc4c3C[C@]2(O)C1. The number of H-pyrrole nitrogens is 1. The summed E-state index contributed by atoms with van der Waals surface area (Å²) in [4.78, 5) is 5.74. The highest BCUT2D eigenvalue weighted by molar-refractivity contribution is 6.35. The fourth-order valence-corrected chi connectivity index (χ4v) is 5.55. The topological polar surface area (TPSA) is 59.5 Å². The maximum atomic E-state index is 12.0. The smallest absolute Gasteiger partial charge is 0.115 e. The summed E-state index contributed by atoms with van der Waals surface area (Å²) < 4.78 is 0. The number of aromatic amines is 1. The lowest BCUT2D eigenvalue weighted by molar-refractivity contribution is -0.0972. The molecule has 140 valence electrons. The van der Waals surface area contributed by atoms with E-state index < -0.39 is 11.0 Å². The van der Waals surface area contributed by atoms with Crippen LogP contribution in [0.1, 0.15) is 23.2 Å². The number of phenols is 1. The van der Waals surface area contributed by atoms with Gasteiger partial charge in [0.15, 0.2) is 0 Å². The molecule has 0 bridgehead atoms. The van der Waals surface area contributed by atoms with Crippen molar-refractivity contribution in [1.29, 1.82) is 0 Å². The largest absolute Gasteiger partial charge is 0.508 e. The maximum absolute atomic E-state index is 12.0. The minimum absolute atomic E-state index is 0.244. The molecule has 0 saturated carbocycles. The molecule has 1 saturated heterocycles. The van der Waals surface area contributed by atoms with E-state index in [4.69, 9.17) is 11.6 Å². The average molecular weight is 383 g/mol. The molecule has 0 spiro atoms. The van der Waals surface area contributed by atoms with Crippen LogP contribution in [-0.2, 0) is 18.3 Å². The number of likely N-dealkylation sites (tertiary alicyclic amines) is 1. The van der Waals surface area contributed by atoms with E-state index in [1.54, 1.807) is 6.07 Å². The Hall–Kier alpha value is -2.01. The van der Waals surface area contributed by atoms with Crippen LogP contribution >= 0.6 is 11.6 Å². The van der Waals surface area contributed by atoms with Gasteiger partial charge < -0.3 is 20.1 Å². The highest BCUT2D eigenvalue weighted by Crippen LogP contribution is 2.51. The summed E-state index contributed by atoms with van der Waals surface area (Å²) in [7, 11) is 2.06. The number of para-hydroxylation sites is 1. The van der Waals surface area contributed by atoms with Gasteiger partial charge in [0.25, 0.3) is 0 Å². The molecule has 2 aromatic carbocycles. The van der Waals surface area contributed by atoms with Crippen molar-refractivity contribution >= 4 is 22.5 Å². The Labute approximate surface area is 163 Å². The minimum atomic E-state index is -0.905. The first-order chi connectivity index (χ1) is 12.9. The van der Waals surface area contributed by atoms with Gasteiger partial charge in [0.2, 0.25) is 0 Å². The second kappa shape index (κ2) is 5.74. The number of aromatic nitrogens is 1. The average Bonchev–Trinajstić information content (AvgIpc) is 2.97. The first-order valence-electron chi connectivity index (χ1n) is 9.40. The monoisotopic (exact) mass is 382 g/mol. The van der Waals surface area contributed by atoms with Crippen molar-refractivity contribution in [1.82, 2.24) is 9.88 Å². The van der Waals surface area contributed by atoms with Crippen LogP contribution in [0.2, 0.25) is 5.02 Å². The Morgan fingerprint density at radius 3 is 2.78 bits per heavy atom. The quantitative estimate of drug-likeness (QED) is 0.602. The molecule has 27 heavy (non-hydrogen) atoms. The highest BCUT2D eigenvalue weighted by atomic mass is 35.5. The molecule has 1 aliphatic heterocycles. The zero-order chi connectivity index (χ0) is 18.8. The van der Waals surface area contributed by atoms with Crippen LogP contribution in [0.4, 0.5) is 0 Å². The number of fused-ring (bicyclic) bond motifs is 4. The molecule has 2 aliphatic rings. The molecule has 0 amide bonds. The molecule has 4 nitrogen and oxygen atoms in total. The number of nitrogens with one attached hydrogen (secondary N) is 1. The van der Waals surface area contributed by atoms with E-state index in [0.29, 0.717) is 24.4 Å². The number of benzene rings is 2. The van der Waals surface area contributed by atoms with E-state index in [-0.39, 0.29) is 5.75 Å². The number of aromatic hydroxyl groups is 1. The highest BCUT2D eigenvalue weighted by Gasteiger charge is 2.57. The summed E-state index contributed by atoms with van der Waals surface area (Å²) in [5.41, 5.74) is 2.94. The van der Waals surface area contributed by atoms with Gasteiger partial charge in [-0.1, -0.05) is 35.9 Å². The Balaban J connectivity index is 1.74. The molecular formula is C22H23ClN2O2. The number of halogens is 1. The Morgan fingerprint density at radius 1 is 1.15 bits per heavy atom. The maximum Gasteiger partial charge on any atom is 0.115 e. The van der Waals surface area contributed by atoms with E-state index in [1.165, 1.54) is 5.56 Å². The predicted molar refractivity (Wildman–Crippen MR) is 108 cm³/mol. The number of nitrogens with zero attached hydrogens (tertiary/aromatic N) is 1. The van der Waals surface area contributed by atoms with Gasteiger partial charge >= 0.3 is 0 Å². The van der Waals surface area contributed by atoms with Crippen molar-refractivity contribution in [3.63, 3.8) is 0 Å². The first-order valence-corrected chi connectivity index (χ1v) is 9.78. The van der Waals surface area contributed by atoms with Crippen molar-refractivity contribution in [2.24, 2.45) is 0 Å². The van der Waals surface area contributed by atoms with Crippen LogP contribution in [0.15, 0.2) is 42.5 Å². The number of piperidine rings is 1. The first kappa shape index (κ1) is 17.1. The van der Waals surface area contributed by atoms with Gasteiger partial charge in [0, 0.05) is 35.9 Å². The lowest BCUT2D eigenvalue weighted by atomic mass is 9.56. The van der Waals surface area contributed by atoms with Crippen molar-refractivity contribution < 1.29 is 10.2 Å². The summed E-state index contributed by atoms with van der Waals surface area (Å²) in [6.07, 6.45) is 2.12. The Bertz CT molecular complexity index is 1050. The van der Waals surface area contributed by atoms with E-state index in [9.17, 15) is 10.2 Å². The summed E-state index contributed by atoms with van der Waals surface area (Å²) in [5, 5.41) is 23.9. The van der Waals surface area contributed by atoms with Crippen molar-refractivity contribution in [2.75, 3.05) is 20.1 Å². The van der Waals surface area contributed by atoms with Gasteiger partial charge in [0.1, 0.15) is 5.75 Å². The molecule has 1 fully saturated rings. The number of likely N-dealkylation sites (N-methyl/N-ethyl adjacent to an activating group) is 1. The van der Waals surface area contributed by atoms with Gasteiger partial charge in [-0.2, -0.15) is 0 Å². The molecule has 0 radical (unpaired) electrons. The number of rotatable bonds is 1. The second-order valence-electron chi connectivity index (χ2n) is 8.25. The molecular weight excluding hydrogens is 360 g/mol. The van der Waals surface area contributed by atoms with E-state index in [2.05, 4.69) is 23.0 Å². The van der Waals surface area contributed by atoms with E-state index in [0.717, 1.165) is 35.1 Å². The van der Waals surface area contributed by atoms with E-state index >= 15 is 0 Å². The number of hydrogen-bond acceptors (Lipinski definition) is 3. The summed E-state index contributed by atoms with van der Waals surface area (Å²) >= 11 is 6.42. The molecule has 0 unspecified atom stereocenters. The van der Waals surface area contributed by atoms with Crippen LogP contribution < -0.4 is 0 Å². The zero-order valence-corrected chi connectivity index (χ0v) is 16.1. The van der Waals surface area contributed by atoms with Crippen LogP contribution in [0.3, 0.4) is 0 Å². The summed E-state index contributed by atoms with van der Waals surface area (Å²) in [6, 6.07) is 13.3. The number of hydrogen-bond donors (Lipinski definition) is 3. The predicted octanol–water partition coefficient (Wildman–Crippen LogP) is 3.63. The molecule has 3 N–H and O–H groups in total. The normalized spacial score (nSPS) is 28.1. The number of aliphatic hydroxyl groups is 1. The van der Waals surface area contributed by atoms with Gasteiger partial charge in [-0.25, -0.2) is 0 Å². The van der Waals surface area contributed by atoms with Crippen LogP contribution in [-0.4, -0.2) is 45.8 Å². The Morgan fingerprint density at radius 2 is 1.96 bits per heavy atom. The van der Waals surface area contributed by atoms with Crippen molar-refractivity contribution in [3.8, 4) is 5.75 Å². The van der Waals surface area contributed by atoms with E-state index in [1.807, 2.05) is 30.3 Å². The van der Waals surface area contributed by atoms with Crippen LogP contribution in [0.5, 0.6) is 5.75 Å². The summed E-state index contributed by atoms with van der Waals surface area (Å²) in [6.45, 7) is 1.52. The molecule has 5 heteroatoms. The fourth-order valence-electron chi connectivity index (χ4n) is 5.33. The Kier molecular flexibility index (Phi) is 3.64. The molecule has 2 heterocycles. The lowest BCUT2D eigenvalue weighted by Gasteiger charge is -2.55. The summed E-state index contributed by atoms with van der Waals surface area (Å²) in [5.74, 6) is 0.244.